The fraction of sp³-hybridized carbons (Fsp3) is 0.917. The van der Waals surface area contributed by atoms with Crippen LogP contribution in [0.4, 0.5) is 0 Å². The number of ether oxygens (including phenoxy) is 1. The SMILES string of the molecule is CC=CC1CCC(C2CCC(C3CCC(CCCCC)O3)CC2)CC1. The highest BCUT2D eigenvalue weighted by molar-refractivity contribution is 4.91. The third-order valence-corrected chi connectivity index (χ3v) is 7.56. The Kier molecular flexibility index (Phi) is 7.90. The first-order valence-corrected chi connectivity index (χ1v) is 11.6. The van der Waals surface area contributed by atoms with Crippen LogP contribution in [0.15, 0.2) is 12.2 Å². The van der Waals surface area contributed by atoms with Gasteiger partial charge in [-0.05, 0) is 101 Å². The van der Waals surface area contributed by atoms with Gasteiger partial charge in [0.2, 0.25) is 0 Å². The molecule has 1 aliphatic heterocycles. The largest absolute Gasteiger partial charge is 0.375 e. The number of hydrogen-bond donors (Lipinski definition) is 0. The van der Waals surface area contributed by atoms with Gasteiger partial charge in [0.1, 0.15) is 0 Å². The summed E-state index contributed by atoms with van der Waals surface area (Å²) in [6.45, 7) is 4.47. The second kappa shape index (κ2) is 10.1. The lowest BCUT2D eigenvalue weighted by atomic mass is 9.68. The Bertz CT molecular complexity index is 385. The van der Waals surface area contributed by atoms with Gasteiger partial charge in [-0.25, -0.2) is 0 Å². The van der Waals surface area contributed by atoms with Gasteiger partial charge in [0.05, 0.1) is 12.2 Å². The van der Waals surface area contributed by atoms with E-state index in [-0.39, 0.29) is 0 Å². The van der Waals surface area contributed by atoms with Crippen LogP contribution in [0, 0.1) is 23.7 Å². The van der Waals surface area contributed by atoms with Gasteiger partial charge in [0, 0.05) is 0 Å². The summed E-state index contributed by atoms with van der Waals surface area (Å²) in [6.07, 6.45) is 25.7. The Morgan fingerprint density at radius 1 is 0.760 bits per heavy atom. The first kappa shape index (κ1) is 19.5. The highest BCUT2D eigenvalue weighted by atomic mass is 16.5. The molecule has 144 valence electrons. The predicted molar refractivity (Wildman–Crippen MR) is 108 cm³/mol. The Hall–Kier alpha value is -0.300. The third kappa shape index (κ3) is 5.59. The van der Waals surface area contributed by atoms with Crippen molar-refractivity contribution in [1.82, 2.24) is 0 Å². The first-order chi connectivity index (χ1) is 12.3. The molecule has 2 saturated carbocycles. The van der Waals surface area contributed by atoms with Crippen LogP contribution in [-0.4, -0.2) is 12.2 Å². The molecule has 1 saturated heterocycles. The summed E-state index contributed by atoms with van der Waals surface area (Å²) in [6, 6.07) is 0. The van der Waals surface area contributed by atoms with E-state index in [9.17, 15) is 0 Å². The van der Waals surface area contributed by atoms with Crippen LogP contribution >= 0.6 is 0 Å². The highest BCUT2D eigenvalue weighted by Crippen LogP contribution is 2.44. The Morgan fingerprint density at radius 3 is 2.04 bits per heavy atom. The van der Waals surface area contributed by atoms with Crippen LogP contribution in [0.2, 0.25) is 0 Å². The minimum Gasteiger partial charge on any atom is -0.375 e. The summed E-state index contributed by atoms with van der Waals surface area (Å²) in [7, 11) is 0. The molecule has 2 unspecified atom stereocenters. The summed E-state index contributed by atoms with van der Waals surface area (Å²) < 4.78 is 6.46. The second-order valence-corrected chi connectivity index (χ2v) is 9.25. The lowest BCUT2D eigenvalue weighted by molar-refractivity contribution is -0.0117. The lowest BCUT2D eigenvalue weighted by Gasteiger charge is -2.38. The van der Waals surface area contributed by atoms with Crippen molar-refractivity contribution >= 4 is 0 Å². The van der Waals surface area contributed by atoms with Crippen LogP contribution in [0.3, 0.4) is 0 Å². The van der Waals surface area contributed by atoms with E-state index < -0.39 is 0 Å². The molecule has 0 aromatic carbocycles. The van der Waals surface area contributed by atoms with E-state index in [0.29, 0.717) is 12.2 Å². The molecule has 0 spiro atoms. The maximum Gasteiger partial charge on any atom is 0.0608 e. The molecule has 0 radical (unpaired) electrons. The standard InChI is InChI=1S/C24H42O/c1-3-5-6-8-23-17-18-24(25-23)22-15-13-21(14-16-22)20-11-9-19(7-4-2)10-12-20/h4,7,19-24H,3,5-6,8-18H2,1-2H3. The number of allylic oxidation sites excluding steroid dienone is 2. The van der Waals surface area contributed by atoms with Gasteiger partial charge >= 0.3 is 0 Å². The van der Waals surface area contributed by atoms with E-state index in [1.54, 1.807) is 0 Å². The van der Waals surface area contributed by atoms with Crippen molar-refractivity contribution in [1.29, 1.82) is 0 Å². The van der Waals surface area contributed by atoms with Crippen molar-refractivity contribution in [3.63, 3.8) is 0 Å². The van der Waals surface area contributed by atoms with E-state index >= 15 is 0 Å². The fourth-order valence-electron chi connectivity index (χ4n) is 5.98. The monoisotopic (exact) mass is 346 g/mol. The Balaban J connectivity index is 1.35. The highest BCUT2D eigenvalue weighted by Gasteiger charge is 2.36. The molecule has 2 atom stereocenters. The van der Waals surface area contributed by atoms with Gasteiger partial charge < -0.3 is 4.74 Å². The molecule has 1 nitrogen and oxygen atoms in total. The maximum absolute atomic E-state index is 6.46. The van der Waals surface area contributed by atoms with E-state index in [1.807, 2.05) is 0 Å². The number of unbranched alkanes of at least 4 members (excludes halogenated alkanes) is 2. The zero-order valence-electron chi connectivity index (χ0n) is 16.9. The van der Waals surface area contributed by atoms with E-state index in [4.69, 9.17) is 4.74 Å². The predicted octanol–water partition coefficient (Wildman–Crippen LogP) is 7.30. The molecular formula is C24H42O. The summed E-state index contributed by atoms with van der Waals surface area (Å²) in [5.41, 5.74) is 0. The zero-order valence-corrected chi connectivity index (χ0v) is 16.9. The Labute approximate surface area is 157 Å². The van der Waals surface area contributed by atoms with Crippen molar-refractivity contribution < 1.29 is 4.74 Å². The average Bonchev–Trinajstić information content (AvgIpc) is 3.12. The van der Waals surface area contributed by atoms with Gasteiger partial charge in [-0.3, -0.25) is 0 Å². The van der Waals surface area contributed by atoms with Crippen LogP contribution in [0.5, 0.6) is 0 Å². The summed E-state index contributed by atoms with van der Waals surface area (Å²) in [5, 5.41) is 0. The molecule has 0 amide bonds. The molecule has 0 aromatic rings. The fourth-order valence-corrected chi connectivity index (χ4v) is 5.98. The average molecular weight is 347 g/mol. The number of hydrogen-bond acceptors (Lipinski definition) is 1. The molecule has 25 heavy (non-hydrogen) atoms. The van der Waals surface area contributed by atoms with Gasteiger partial charge in [-0.1, -0.05) is 38.3 Å². The van der Waals surface area contributed by atoms with Gasteiger partial charge in [0.15, 0.2) is 0 Å². The summed E-state index contributed by atoms with van der Waals surface area (Å²) in [4.78, 5) is 0. The van der Waals surface area contributed by atoms with Gasteiger partial charge in [0.25, 0.3) is 0 Å². The number of rotatable bonds is 7. The second-order valence-electron chi connectivity index (χ2n) is 9.25. The van der Waals surface area contributed by atoms with Crippen molar-refractivity contribution in [3.05, 3.63) is 12.2 Å². The molecule has 1 heterocycles. The Morgan fingerprint density at radius 2 is 1.40 bits per heavy atom. The summed E-state index contributed by atoms with van der Waals surface area (Å²) >= 11 is 0. The minimum atomic E-state index is 0.594. The topological polar surface area (TPSA) is 9.23 Å². The van der Waals surface area contributed by atoms with Crippen molar-refractivity contribution in [2.24, 2.45) is 23.7 Å². The molecule has 3 rings (SSSR count). The van der Waals surface area contributed by atoms with Crippen LogP contribution in [0.25, 0.3) is 0 Å². The normalized spacial score (nSPS) is 39.9. The van der Waals surface area contributed by atoms with Crippen LogP contribution in [-0.2, 0) is 4.74 Å². The van der Waals surface area contributed by atoms with Crippen molar-refractivity contribution in [2.45, 2.75) is 116 Å². The zero-order chi connectivity index (χ0) is 17.5. The molecule has 2 aliphatic carbocycles. The van der Waals surface area contributed by atoms with Gasteiger partial charge in [-0.2, -0.15) is 0 Å². The van der Waals surface area contributed by atoms with E-state index in [0.717, 1.165) is 23.7 Å². The summed E-state index contributed by atoms with van der Waals surface area (Å²) in [5.74, 6) is 3.83. The molecule has 3 aliphatic rings. The molecule has 1 heteroatoms. The molecule has 3 fully saturated rings. The first-order valence-electron chi connectivity index (χ1n) is 11.6. The molecule has 0 bridgehead atoms. The van der Waals surface area contributed by atoms with Crippen LogP contribution < -0.4 is 0 Å². The molecular weight excluding hydrogens is 304 g/mol. The van der Waals surface area contributed by atoms with Crippen molar-refractivity contribution in [2.75, 3.05) is 0 Å². The van der Waals surface area contributed by atoms with Crippen LogP contribution in [0.1, 0.15) is 104 Å². The van der Waals surface area contributed by atoms with E-state index in [1.165, 1.54) is 89.9 Å². The smallest absolute Gasteiger partial charge is 0.0608 e. The van der Waals surface area contributed by atoms with Gasteiger partial charge in [-0.15, -0.1) is 0 Å². The van der Waals surface area contributed by atoms with Crippen molar-refractivity contribution in [3.8, 4) is 0 Å². The maximum atomic E-state index is 6.46. The minimum absolute atomic E-state index is 0.594. The van der Waals surface area contributed by atoms with E-state index in [2.05, 4.69) is 26.0 Å². The lowest BCUT2D eigenvalue weighted by Crippen LogP contribution is -2.30. The molecule has 0 N–H and O–H groups in total. The quantitative estimate of drug-likeness (QED) is 0.347. The third-order valence-electron chi connectivity index (χ3n) is 7.56. The molecule has 0 aromatic heterocycles.